The van der Waals surface area contributed by atoms with Crippen LogP contribution in [0.5, 0.6) is 0 Å². The molecule has 2 atom stereocenters. The van der Waals surface area contributed by atoms with Crippen LogP contribution in [0.15, 0.2) is 69.1 Å². The van der Waals surface area contributed by atoms with Gasteiger partial charge in [-0.25, -0.2) is 0 Å². The van der Waals surface area contributed by atoms with Crippen molar-refractivity contribution >= 4 is 23.1 Å². The summed E-state index contributed by atoms with van der Waals surface area (Å²) in [5, 5.41) is 13.3. The van der Waals surface area contributed by atoms with Gasteiger partial charge in [0.2, 0.25) is 0 Å². The van der Waals surface area contributed by atoms with E-state index in [0.29, 0.717) is 47.5 Å². The SMILES string of the molecule is CC[C@]1(c2cccc(C(F)(F)F)c2)C2=CN=NC2NC2=C1C(=O)N(c1cnsc1)CC2. The van der Waals surface area contributed by atoms with E-state index in [1.807, 2.05) is 6.92 Å². The fraction of sp³-hybridized carbons (Fsp3) is 0.333. The van der Waals surface area contributed by atoms with E-state index in [4.69, 9.17) is 0 Å². The molecule has 0 bridgehead atoms. The first-order valence-corrected chi connectivity index (χ1v) is 10.7. The Morgan fingerprint density at radius 1 is 1.35 bits per heavy atom. The van der Waals surface area contributed by atoms with Crippen LogP contribution in [0, 0.1) is 0 Å². The number of halogens is 3. The molecule has 0 radical (unpaired) electrons. The monoisotopic (exact) mass is 445 g/mol. The van der Waals surface area contributed by atoms with Gasteiger partial charge in [-0.15, -0.1) is 0 Å². The molecule has 1 aromatic heterocycles. The number of benzene rings is 1. The average Bonchev–Trinajstić information content (AvgIpc) is 3.44. The zero-order valence-corrected chi connectivity index (χ0v) is 17.3. The Kier molecular flexibility index (Phi) is 4.51. The minimum atomic E-state index is -4.49. The van der Waals surface area contributed by atoms with Crippen molar-refractivity contribution in [3.05, 3.63) is 70.0 Å². The number of rotatable bonds is 3. The molecule has 0 saturated carbocycles. The maximum Gasteiger partial charge on any atom is 0.416 e. The molecule has 6 nitrogen and oxygen atoms in total. The predicted octanol–water partition coefficient (Wildman–Crippen LogP) is 4.78. The van der Waals surface area contributed by atoms with E-state index in [2.05, 4.69) is 19.9 Å². The van der Waals surface area contributed by atoms with Crippen molar-refractivity contribution in [1.82, 2.24) is 9.69 Å². The summed E-state index contributed by atoms with van der Waals surface area (Å²) in [6.45, 7) is 2.33. The summed E-state index contributed by atoms with van der Waals surface area (Å²) in [5.74, 6) is -0.237. The molecule has 1 amide bonds. The van der Waals surface area contributed by atoms with Gasteiger partial charge >= 0.3 is 6.18 Å². The molecule has 5 rings (SSSR count). The second-order valence-corrected chi connectivity index (χ2v) is 8.30. The predicted molar refractivity (Wildman–Crippen MR) is 109 cm³/mol. The quantitative estimate of drug-likeness (QED) is 0.739. The summed E-state index contributed by atoms with van der Waals surface area (Å²) in [7, 11) is 0. The summed E-state index contributed by atoms with van der Waals surface area (Å²) < 4.78 is 44.7. The number of carbonyl (C=O) groups is 1. The van der Waals surface area contributed by atoms with Gasteiger partial charge in [0.25, 0.3) is 5.91 Å². The summed E-state index contributed by atoms with van der Waals surface area (Å²) in [6.07, 6.45) is -0.845. The lowest BCUT2D eigenvalue weighted by Gasteiger charge is -2.47. The van der Waals surface area contributed by atoms with Crippen LogP contribution in [0.25, 0.3) is 0 Å². The lowest BCUT2D eigenvalue weighted by Crippen LogP contribution is -2.54. The molecule has 3 aliphatic rings. The van der Waals surface area contributed by atoms with Crippen molar-refractivity contribution in [2.24, 2.45) is 10.2 Å². The molecule has 160 valence electrons. The van der Waals surface area contributed by atoms with Crippen LogP contribution >= 0.6 is 11.5 Å². The number of carbonyl (C=O) groups excluding carboxylic acids is 1. The van der Waals surface area contributed by atoms with Crippen LogP contribution in [0.1, 0.15) is 30.9 Å². The first kappa shape index (κ1) is 19.9. The molecule has 2 aromatic rings. The van der Waals surface area contributed by atoms with Crippen molar-refractivity contribution in [2.75, 3.05) is 11.4 Å². The number of nitrogens with one attached hydrogen (secondary N) is 1. The van der Waals surface area contributed by atoms with Crippen LogP contribution in [0.3, 0.4) is 0 Å². The fourth-order valence-electron chi connectivity index (χ4n) is 4.79. The Hall–Kier alpha value is -3.01. The van der Waals surface area contributed by atoms with Crippen molar-refractivity contribution < 1.29 is 18.0 Å². The molecular weight excluding hydrogens is 427 g/mol. The molecular formula is C21H18F3N5OS. The second kappa shape index (κ2) is 7.01. The Morgan fingerprint density at radius 2 is 2.19 bits per heavy atom. The van der Waals surface area contributed by atoms with E-state index in [1.165, 1.54) is 17.6 Å². The van der Waals surface area contributed by atoms with Gasteiger partial charge in [-0.2, -0.15) is 27.8 Å². The van der Waals surface area contributed by atoms with Crippen LogP contribution < -0.4 is 10.2 Å². The molecule has 4 heterocycles. The third-order valence-corrected chi connectivity index (χ3v) is 6.77. The van der Waals surface area contributed by atoms with E-state index in [1.54, 1.807) is 28.7 Å². The van der Waals surface area contributed by atoms with Gasteiger partial charge in [-0.05, 0) is 29.6 Å². The van der Waals surface area contributed by atoms with Crippen LogP contribution in [0.2, 0.25) is 0 Å². The summed E-state index contributed by atoms with van der Waals surface area (Å²) in [6, 6.07) is 5.24. The molecule has 1 aromatic carbocycles. The van der Waals surface area contributed by atoms with Gasteiger partial charge in [0, 0.05) is 29.6 Å². The van der Waals surface area contributed by atoms with Crippen LogP contribution in [-0.2, 0) is 16.4 Å². The minimum absolute atomic E-state index is 0.237. The molecule has 31 heavy (non-hydrogen) atoms. The van der Waals surface area contributed by atoms with E-state index in [0.717, 1.165) is 12.1 Å². The van der Waals surface area contributed by atoms with Crippen molar-refractivity contribution in [1.29, 1.82) is 0 Å². The zero-order chi connectivity index (χ0) is 21.8. The summed E-state index contributed by atoms with van der Waals surface area (Å²) in [4.78, 5) is 15.4. The number of alkyl halides is 3. The first-order valence-electron chi connectivity index (χ1n) is 9.86. The third-order valence-electron chi connectivity index (χ3n) is 6.19. The van der Waals surface area contributed by atoms with Crippen molar-refractivity contribution in [2.45, 2.75) is 37.5 Å². The van der Waals surface area contributed by atoms with E-state index in [9.17, 15) is 18.0 Å². The number of fused-ring (bicyclic) bond motifs is 1. The Morgan fingerprint density at radius 3 is 2.90 bits per heavy atom. The van der Waals surface area contributed by atoms with Gasteiger partial charge < -0.3 is 10.2 Å². The number of anilines is 1. The standard InChI is InChI=1S/C21H18F3N5OS/c1-2-20(12-4-3-5-13(8-12)21(22,23)24)15-10-25-28-18(15)27-16-6-7-29(19(30)17(16)20)14-9-26-31-11-14/h3-5,8-11,18,27H,2,6-7H2,1H3/t18?,20-/m0/s1. The van der Waals surface area contributed by atoms with Crippen molar-refractivity contribution in [3.8, 4) is 0 Å². The fourth-order valence-corrected chi connectivity index (χ4v) is 5.32. The third kappa shape index (κ3) is 2.92. The highest BCUT2D eigenvalue weighted by molar-refractivity contribution is 7.04. The highest BCUT2D eigenvalue weighted by atomic mass is 32.1. The Labute approximate surface area is 180 Å². The van der Waals surface area contributed by atoms with Gasteiger partial charge in [0.05, 0.1) is 34.6 Å². The molecule has 10 heteroatoms. The smallest absolute Gasteiger partial charge is 0.362 e. The number of amides is 1. The first-order chi connectivity index (χ1) is 14.9. The lowest BCUT2D eigenvalue weighted by molar-refractivity contribution is -0.137. The minimum Gasteiger partial charge on any atom is -0.362 e. The van der Waals surface area contributed by atoms with Gasteiger partial charge in [0.1, 0.15) is 0 Å². The summed E-state index contributed by atoms with van der Waals surface area (Å²) >= 11 is 1.24. The number of hydrogen-bond donors (Lipinski definition) is 1. The van der Waals surface area contributed by atoms with E-state index >= 15 is 0 Å². The summed E-state index contributed by atoms with van der Waals surface area (Å²) in [5.41, 5.74) is 1.16. The second-order valence-electron chi connectivity index (χ2n) is 7.64. The number of nitrogens with zero attached hydrogens (tertiary/aromatic N) is 4. The van der Waals surface area contributed by atoms with Crippen LogP contribution in [-0.4, -0.2) is 23.0 Å². The number of hydrogen-bond acceptors (Lipinski definition) is 6. The Bertz CT molecular complexity index is 1140. The number of azo groups is 1. The average molecular weight is 445 g/mol. The maximum absolute atomic E-state index is 13.8. The topological polar surface area (TPSA) is 70.0 Å². The molecule has 0 spiro atoms. The van der Waals surface area contributed by atoms with Gasteiger partial charge in [-0.1, -0.05) is 25.1 Å². The van der Waals surface area contributed by atoms with Gasteiger partial charge in [0.15, 0.2) is 6.17 Å². The lowest BCUT2D eigenvalue weighted by atomic mass is 9.62. The van der Waals surface area contributed by atoms with E-state index in [-0.39, 0.29) is 5.91 Å². The Balaban J connectivity index is 1.73. The molecule has 1 N–H and O–H groups in total. The largest absolute Gasteiger partial charge is 0.416 e. The van der Waals surface area contributed by atoms with Crippen molar-refractivity contribution in [3.63, 3.8) is 0 Å². The zero-order valence-electron chi connectivity index (χ0n) is 16.5. The molecule has 0 aliphatic carbocycles. The maximum atomic E-state index is 13.8. The van der Waals surface area contributed by atoms with Gasteiger partial charge in [-0.3, -0.25) is 4.79 Å². The molecule has 0 saturated heterocycles. The highest BCUT2D eigenvalue weighted by Gasteiger charge is 2.53. The van der Waals surface area contributed by atoms with E-state index < -0.39 is 23.3 Å². The van der Waals surface area contributed by atoms with Crippen LogP contribution in [0.4, 0.5) is 18.9 Å². The molecule has 3 aliphatic heterocycles. The number of aromatic nitrogens is 1. The molecule has 1 unspecified atom stereocenters. The molecule has 0 fully saturated rings. The normalized spacial score (nSPS) is 25.3. The highest BCUT2D eigenvalue weighted by Crippen LogP contribution is 2.51.